The van der Waals surface area contributed by atoms with E-state index in [9.17, 15) is 13.2 Å². The van der Waals surface area contributed by atoms with Crippen molar-refractivity contribution in [1.29, 1.82) is 0 Å². The average molecular weight is 369 g/mol. The number of sulfonamides is 1. The molecule has 0 radical (unpaired) electrons. The van der Waals surface area contributed by atoms with Gasteiger partial charge in [-0.05, 0) is 64.2 Å². The number of hydrogen-bond donors (Lipinski definition) is 2. The van der Waals surface area contributed by atoms with Gasteiger partial charge in [-0.25, -0.2) is 13.1 Å². The van der Waals surface area contributed by atoms with Crippen molar-refractivity contribution in [2.45, 2.75) is 71.0 Å². The van der Waals surface area contributed by atoms with Crippen LogP contribution in [0.3, 0.4) is 0 Å². The molecule has 0 bridgehead atoms. The third-order valence-corrected chi connectivity index (χ3v) is 6.16. The lowest BCUT2D eigenvalue weighted by Crippen LogP contribution is -2.39. The number of rotatable bonds is 10. The van der Waals surface area contributed by atoms with Crippen molar-refractivity contribution in [3.8, 4) is 0 Å². The molecule has 6 heteroatoms. The summed E-state index contributed by atoms with van der Waals surface area (Å²) in [5.74, 6) is -0.0358. The van der Waals surface area contributed by atoms with Crippen molar-refractivity contribution in [2.75, 3.05) is 11.9 Å². The number of anilines is 1. The van der Waals surface area contributed by atoms with E-state index in [0.717, 1.165) is 24.9 Å². The van der Waals surface area contributed by atoms with Crippen molar-refractivity contribution >= 4 is 21.6 Å². The number of hydrogen-bond acceptors (Lipinski definition) is 3. The summed E-state index contributed by atoms with van der Waals surface area (Å²) in [5, 5.41) is 2.91. The predicted molar refractivity (Wildman–Crippen MR) is 104 cm³/mol. The van der Waals surface area contributed by atoms with Gasteiger partial charge in [-0.1, -0.05) is 25.5 Å². The van der Waals surface area contributed by atoms with E-state index in [2.05, 4.69) is 23.0 Å². The van der Waals surface area contributed by atoms with Crippen molar-refractivity contribution in [2.24, 2.45) is 0 Å². The van der Waals surface area contributed by atoms with Gasteiger partial charge < -0.3 is 5.32 Å². The first kappa shape index (κ1) is 21.6. The van der Waals surface area contributed by atoms with Gasteiger partial charge in [0.25, 0.3) is 0 Å². The van der Waals surface area contributed by atoms with Gasteiger partial charge >= 0.3 is 0 Å². The molecule has 0 heterocycles. The second-order valence-electron chi connectivity index (χ2n) is 7.32. The molecule has 2 N–H and O–H groups in total. The third-order valence-electron chi connectivity index (χ3n) is 3.96. The van der Waals surface area contributed by atoms with Crippen LogP contribution in [0.25, 0.3) is 0 Å². The summed E-state index contributed by atoms with van der Waals surface area (Å²) in [6.07, 6.45) is 4.98. The van der Waals surface area contributed by atoms with Gasteiger partial charge in [0, 0.05) is 18.7 Å². The highest BCUT2D eigenvalue weighted by Gasteiger charge is 2.27. The van der Waals surface area contributed by atoms with E-state index in [4.69, 9.17) is 0 Å². The van der Waals surface area contributed by atoms with Crippen LogP contribution in [0, 0.1) is 0 Å². The highest BCUT2D eigenvalue weighted by atomic mass is 32.2. The quantitative estimate of drug-likeness (QED) is 0.616. The van der Waals surface area contributed by atoms with Gasteiger partial charge in [0.05, 0.1) is 4.75 Å². The number of amides is 1. The van der Waals surface area contributed by atoms with Crippen molar-refractivity contribution < 1.29 is 13.2 Å². The SMILES string of the molecule is CCCCc1cccc(NC(=O)CCCCNS(=O)(=O)C(C)(C)C)c1. The average Bonchev–Trinajstić information content (AvgIpc) is 2.51. The summed E-state index contributed by atoms with van der Waals surface area (Å²) < 4.78 is 25.6. The summed E-state index contributed by atoms with van der Waals surface area (Å²) in [5.41, 5.74) is 2.06. The Bertz CT molecular complexity index is 649. The van der Waals surface area contributed by atoms with E-state index < -0.39 is 14.8 Å². The number of unbranched alkanes of at least 4 members (excludes halogenated alkanes) is 2. The van der Waals surface area contributed by atoms with Gasteiger partial charge in [0.2, 0.25) is 15.9 Å². The summed E-state index contributed by atoms with van der Waals surface area (Å²) in [4.78, 5) is 12.0. The molecule has 0 aliphatic rings. The van der Waals surface area contributed by atoms with E-state index in [1.54, 1.807) is 20.8 Å². The molecule has 1 aromatic carbocycles. The lowest BCUT2D eigenvalue weighted by atomic mass is 10.1. The van der Waals surface area contributed by atoms with Crippen LogP contribution in [-0.4, -0.2) is 25.6 Å². The molecule has 0 saturated carbocycles. The smallest absolute Gasteiger partial charge is 0.224 e. The molecule has 1 aromatic rings. The van der Waals surface area contributed by atoms with E-state index >= 15 is 0 Å². The van der Waals surface area contributed by atoms with Crippen LogP contribution in [0.2, 0.25) is 0 Å². The Morgan fingerprint density at radius 2 is 1.84 bits per heavy atom. The highest BCUT2D eigenvalue weighted by Crippen LogP contribution is 2.14. The molecule has 0 atom stereocenters. The predicted octanol–water partition coefficient (Wildman–Crippen LogP) is 3.86. The summed E-state index contributed by atoms with van der Waals surface area (Å²) in [6, 6.07) is 7.95. The standard InChI is InChI=1S/C19H32N2O3S/c1-5-6-10-16-11-9-12-17(15-16)21-18(22)13-7-8-14-20-25(23,24)19(2,3)4/h9,11-12,15,20H,5-8,10,13-14H2,1-4H3,(H,21,22). The molecular formula is C19H32N2O3S. The minimum Gasteiger partial charge on any atom is -0.326 e. The Labute approximate surface area is 152 Å². The number of nitrogens with one attached hydrogen (secondary N) is 2. The maximum absolute atomic E-state index is 12.0. The first-order chi connectivity index (χ1) is 11.7. The van der Waals surface area contributed by atoms with Crippen LogP contribution >= 0.6 is 0 Å². The molecule has 5 nitrogen and oxygen atoms in total. The molecule has 0 fully saturated rings. The second-order valence-corrected chi connectivity index (χ2v) is 9.84. The molecule has 0 aromatic heterocycles. The molecule has 0 unspecified atom stereocenters. The minimum atomic E-state index is -3.31. The first-order valence-corrected chi connectivity index (χ1v) is 10.5. The Hall–Kier alpha value is -1.40. The van der Waals surface area contributed by atoms with E-state index in [-0.39, 0.29) is 5.91 Å². The van der Waals surface area contributed by atoms with E-state index in [1.807, 2.05) is 18.2 Å². The largest absolute Gasteiger partial charge is 0.326 e. The molecule has 0 saturated heterocycles. The van der Waals surface area contributed by atoms with Gasteiger partial charge in [-0.3, -0.25) is 4.79 Å². The number of aryl methyl sites for hydroxylation is 1. The van der Waals surface area contributed by atoms with Crippen LogP contribution in [0.15, 0.2) is 24.3 Å². The fraction of sp³-hybridized carbons (Fsp3) is 0.632. The lowest BCUT2D eigenvalue weighted by Gasteiger charge is -2.19. The molecule has 1 amide bonds. The van der Waals surface area contributed by atoms with Crippen molar-refractivity contribution in [1.82, 2.24) is 4.72 Å². The van der Waals surface area contributed by atoms with Gasteiger partial charge in [-0.15, -0.1) is 0 Å². The third kappa shape index (κ3) is 8.01. The normalized spacial score (nSPS) is 12.2. The van der Waals surface area contributed by atoms with Crippen LogP contribution in [0.1, 0.15) is 65.4 Å². The molecular weight excluding hydrogens is 336 g/mol. The number of benzene rings is 1. The zero-order valence-electron chi connectivity index (χ0n) is 15.9. The Morgan fingerprint density at radius 1 is 1.12 bits per heavy atom. The topological polar surface area (TPSA) is 75.3 Å². The Balaban J connectivity index is 2.32. The zero-order chi connectivity index (χ0) is 18.9. The maximum atomic E-state index is 12.0. The Morgan fingerprint density at radius 3 is 2.48 bits per heavy atom. The highest BCUT2D eigenvalue weighted by molar-refractivity contribution is 7.90. The molecule has 142 valence electrons. The lowest BCUT2D eigenvalue weighted by molar-refractivity contribution is -0.116. The number of carbonyl (C=O) groups excluding carboxylic acids is 1. The fourth-order valence-corrected chi connectivity index (χ4v) is 3.09. The van der Waals surface area contributed by atoms with Gasteiger partial charge in [0.1, 0.15) is 0 Å². The second kappa shape index (κ2) is 9.92. The van der Waals surface area contributed by atoms with Crippen molar-refractivity contribution in [3.63, 3.8) is 0 Å². The molecule has 0 aliphatic carbocycles. The van der Waals surface area contributed by atoms with Crippen LogP contribution in [0.4, 0.5) is 5.69 Å². The van der Waals surface area contributed by atoms with Gasteiger partial charge in [0.15, 0.2) is 0 Å². The van der Waals surface area contributed by atoms with E-state index in [1.165, 1.54) is 5.56 Å². The summed E-state index contributed by atoms with van der Waals surface area (Å²) >= 11 is 0. The first-order valence-electron chi connectivity index (χ1n) is 9.03. The fourth-order valence-electron chi connectivity index (χ4n) is 2.24. The molecule has 25 heavy (non-hydrogen) atoms. The van der Waals surface area contributed by atoms with Crippen LogP contribution in [-0.2, 0) is 21.2 Å². The van der Waals surface area contributed by atoms with E-state index in [0.29, 0.717) is 25.8 Å². The summed E-state index contributed by atoms with van der Waals surface area (Å²) in [6.45, 7) is 7.51. The minimum absolute atomic E-state index is 0.0358. The molecule has 0 aliphatic heterocycles. The monoisotopic (exact) mass is 368 g/mol. The molecule has 0 spiro atoms. The van der Waals surface area contributed by atoms with Crippen LogP contribution < -0.4 is 10.0 Å². The Kier molecular flexibility index (Phi) is 8.59. The maximum Gasteiger partial charge on any atom is 0.224 e. The number of carbonyl (C=O) groups is 1. The zero-order valence-corrected chi connectivity index (χ0v) is 16.7. The van der Waals surface area contributed by atoms with Gasteiger partial charge in [-0.2, -0.15) is 0 Å². The van der Waals surface area contributed by atoms with Crippen molar-refractivity contribution in [3.05, 3.63) is 29.8 Å². The molecule has 1 rings (SSSR count). The summed E-state index contributed by atoms with van der Waals surface area (Å²) in [7, 11) is -3.31. The van der Waals surface area contributed by atoms with Crippen LogP contribution in [0.5, 0.6) is 0 Å².